The molecule has 2 aromatic carbocycles. The molecule has 0 radical (unpaired) electrons. The van der Waals surface area contributed by atoms with Crippen LogP contribution in [0.1, 0.15) is 36.8 Å². The van der Waals surface area contributed by atoms with Crippen molar-refractivity contribution in [3.05, 3.63) is 71.8 Å². The highest BCUT2D eigenvalue weighted by molar-refractivity contribution is 8.17. The molecular weight excluding hydrogens is 292 g/mol. The Labute approximate surface area is 136 Å². The van der Waals surface area contributed by atoms with Crippen molar-refractivity contribution >= 4 is 23.5 Å². The zero-order valence-electron chi connectivity index (χ0n) is 12.3. The Bertz CT molecular complexity index is 485. The van der Waals surface area contributed by atoms with Gasteiger partial charge in [0, 0.05) is 11.5 Å². The standard InChI is InChI=1S/C19H22S2/c1-3-9-17(10-4-1)15-20-19(13-7-8-14-19)21-16-18-11-5-2-6-12-18/h1-6,9-12H,7-8,13-16H2. The summed E-state index contributed by atoms with van der Waals surface area (Å²) in [5.41, 5.74) is 2.91. The van der Waals surface area contributed by atoms with E-state index in [2.05, 4.69) is 84.2 Å². The summed E-state index contributed by atoms with van der Waals surface area (Å²) in [5, 5.41) is 0. The summed E-state index contributed by atoms with van der Waals surface area (Å²) in [6.07, 6.45) is 5.51. The molecule has 0 spiro atoms. The maximum absolute atomic E-state index is 2.25. The quantitative estimate of drug-likeness (QED) is 0.589. The fourth-order valence-electron chi connectivity index (χ4n) is 2.82. The second-order valence-corrected chi connectivity index (χ2v) is 8.64. The van der Waals surface area contributed by atoms with Gasteiger partial charge in [-0.15, -0.1) is 23.5 Å². The van der Waals surface area contributed by atoms with E-state index in [1.807, 2.05) is 0 Å². The molecular formula is C19H22S2. The van der Waals surface area contributed by atoms with E-state index in [0.29, 0.717) is 4.08 Å². The molecule has 0 aliphatic heterocycles. The lowest BCUT2D eigenvalue weighted by Crippen LogP contribution is -2.15. The van der Waals surface area contributed by atoms with Gasteiger partial charge in [-0.05, 0) is 24.0 Å². The fourth-order valence-corrected chi connectivity index (χ4v) is 5.91. The smallest absolute Gasteiger partial charge is 0.0617 e. The SMILES string of the molecule is c1ccc(CSC2(SCc3ccccc3)CCCC2)cc1. The van der Waals surface area contributed by atoms with Crippen molar-refractivity contribution < 1.29 is 0 Å². The fraction of sp³-hybridized carbons (Fsp3) is 0.368. The number of hydrogen-bond acceptors (Lipinski definition) is 2. The normalized spacial score (nSPS) is 17.0. The second kappa shape index (κ2) is 7.42. The van der Waals surface area contributed by atoms with Crippen LogP contribution in [0.25, 0.3) is 0 Å². The number of rotatable bonds is 6. The van der Waals surface area contributed by atoms with Crippen LogP contribution in [-0.4, -0.2) is 4.08 Å². The molecule has 0 aromatic heterocycles. The van der Waals surface area contributed by atoms with E-state index in [1.165, 1.54) is 36.8 Å². The molecule has 0 nitrogen and oxygen atoms in total. The molecule has 0 saturated heterocycles. The van der Waals surface area contributed by atoms with E-state index >= 15 is 0 Å². The lowest BCUT2D eigenvalue weighted by Gasteiger charge is -2.28. The average Bonchev–Trinajstić information content (AvgIpc) is 3.03. The van der Waals surface area contributed by atoms with Crippen LogP contribution in [0.5, 0.6) is 0 Å². The number of hydrogen-bond donors (Lipinski definition) is 0. The van der Waals surface area contributed by atoms with Gasteiger partial charge in [0.15, 0.2) is 0 Å². The van der Waals surface area contributed by atoms with Crippen molar-refractivity contribution in [1.82, 2.24) is 0 Å². The van der Waals surface area contributed by atoms with Gasteiger partial charge in [0.2, 0.25) is 0 Å². The average molecular weight is 315 g/mol. The molecule has 0 heterocycles. The molecule has 0 N–H and O–H groups in total. The largest absolute Gasteiger partial charge is 0.139 e. The molecule has 0 amide bonds. The van der Waals surface area contributed by atoms with E-state index in [9.17, 15) is 0 Å². The van der Waals surface area contributed by atoms with Gasteiger partial charge < -0.3 is 0 Å². The lowest BCUT2D eigenvalue weighted by molar-refractivity contribution is 0.840. The van der Waals surface area contributed by atoms with Crippen molar-refractivity contribution in [2.45, 2.75) is 41.3 Å². The molecule has 1 saturated carbocycles. The van der Waals surface area contributed by atoms with Gasteiger partial charge in [0.1, 0.15) is 0 Å². The van der Waals surface area contributed by atoms with Crippen LogP contribution in [0, 0.1) is 0 Å². The summed E-state index contributed by atoms with van der Waals surface area (Å²) in [6, 6.07) is 21.8. The van der Waals surface area contributed by atoms with Crippen LogP contribution >= 0.6 is 23.5 Å². The third-order valence-electron chi connectivity index (χ3n) is 4.05. The maximum atomic E-state index is 2.25. The summed E-state index contributed by atoms with van der Waals surface area (Å²) >= 11 is 4.33. The monoisotopic (exact) mass is 314 g/mol. The maximum Gasteiger partial charge on any atom is 0.0617 e. The molecule has 0 bridgehead atoms. The molecule has 1 aliphatic carbocycles. The molecule has 2 heteroatoms. The predicted molar refractivity (Wildman–Crippen MR) is 96.7 cm³/mol. The highest BCUT2D eigenvalue weighted by Crippen LogP contribution is 2.51. The van der Waals surface area contributed by atoms with E-state index < -0.39 is 0 Å². The highest BCUT2D eigenvalue weighted by Gasteiger charge is 2.34. The highest BCUT2D eigenvalue weighted by atomic mass is 32.2. The van der Waals surface area contributed by atoms with Crippen LogP contribution in [0.2, 0.25) is 0 Å². The van der Waals surface area contributed by atoms with Gasteiger partial charge in [-0.2, -0.15) is 0 Å². The molecule has 21 heavy (non-hydrogen) atoms. The number of benzene rings is 2. The summed E-state index contributed by atoms with van der Waals surface area (Å²) < 4.78 is 0.436. The van der Waals surface area contributed by atoms with Crippen molar-refractivity contribution in [2.24, 2.45) is 0 Å². The van der Waals surface area contributed by atoms with Gasteiger partial charge in [-0.1, -0.05) is 73.5 Å². The Hall–Kier alpha value is -0.860. The van der Waals surface area contributed by atoms with Gasteiger partial charge in [0.05, 0.1) is 4.08 Å². The van der Waals surface area contributed by atoms with E-state index in [1.54, 1.807) is 0 Å². The Morgan fingerprint density at radius 3 is 1.52 bits per heavy atom. The minimum atomic E-state index is 0.436. The van der Waals surface area contributed by atoms with Gasteiger partial charge in [-0.25, -0.2) is 0 Å². The van der Waals surface area contributed by atoms with Crippen LogP contribution in [0.4, 0.5) is 0 Å². The van der Waals surface area contributed by atoms with Gasteiger partial charge in [-0.3, -0.25) is 0 Å². The third-order valence-corrected chi connectivity index (χ3v) is 7.59. The minimum absolute atomic E-state index is 0.436. The van der Waals surface area contributed by atoms with Crippen LogP contribution < -0.4 is 0 Å². The topological polar surface area (TPSA) is 0 Å². The molecule has 2 aromatic rings. The molecule has 0 atom stereocenters. The van der Waals surface area contributed by atoms with E-state index in [4.69, 9.17) is 0 Å². The molecule has 1 fully saturated rings. The van der Waals surface area contributed by atoms with Crippen molar-refractivity contribution in [3.63, 3.8) is 0 Å². The molecule has 3 rings (SSSR count). The van der Waals surface area contributed by atoms with Crippen LogP contribution in [0.15, 0.2) is 60.7 Å². The zero-order chi connectivity index (χ0) is 14.4. The Morgan fingerprint density at radius 2 is 1.10 bits per heavy atom. The Kier molecular flexibility index (Phi) is 5.32. The first kappa shape index (κ1) is 15.1. The molecule has 0 unspecified atom stereocenters. The molecule has 110 valence electrons. The predicted octanol–water partition coefficient (Wildman–Crippen LogP) is 6.12. The summed E-state index contributed by atoms with van der Waals surface area (Å²) in [6.45, 7) is 0. The number of thioether (sulfide) groups is 2. The van der Waals surface area contributed by atoms with Crippen molar-refractivity contribution in [3.8, 4) is 0 Å². The van der Waals surface area contributed by atoms with Crippen molar-refractivity contribution in [2.75, 3.05) is 0 Å². The van der Waals surface area contributed by atoms with E-state index in [-0.39, 0.29) is 0 Å². The van der Waals surface area contributed by atoms with Gasteiger partial charge >= 0.3 is 0 Å². The first-order chi connectivity index (χ1) is 10.4. The molecule has 1 aliphatic rings. The Morgan fingerprint density at radius 1 is 0.667 bits per heavy atom. The first-order valence-electron chi connectivity index (χ1n) is 7.72. The van der Waals surface area contributed by atoms with Crippen molar-refractivity contribution in [1.29, 1.82) is 0 Å². The summed E-state index contributed by atoms with van der Waals surface area (Å²) in [5.74, 6) is 2.28. The summed E-state index contributed by atoms with van der Waals surface area (Å²) in [4.78, 5) is 0. The third kappa shape index (κ3) is 4.31. The second-order valence-electron chi connectivity index (χ2n) is 5.67. The first-order valence-corrected chi connectivity index (χ1v) is 9.69. The van der Waals surface area contributed by atoms with Crippen LogP contribution in [-0.2, 0) is 11.5 Å². The van der Waals surface area contributed by atoms with E-state index in [0.717, 1.165) is 11.5 Å². The Balaban J connectivity index is 1.60. The minimum Gasteiger partial charge on any atom is -0.139 e. The van der Waals surface area contributed by atoms with Gasteiger partial charge in [0.25, 0.3) is 0 Å². The lowest BCUT2D eigenvalue weighted by atomic mass is 10.2. The van der Waals surface area contributed by atoms with Crippen LogP contribution in [0.3, 0.4) is 0 Å². The zero-order valence-corrected chi connectivity index (χ0v) is 14.0. The summed E-state index contributed by atoms with van der Waals surface area (Å²) in [7, 11) is 0.